The summed E-state index contributed by atoms with van der Waals surface area (Å²) in [6.45, 7) is 5.16. The van der Waals surface area contributed by atoms with Gasteiger partial charge in [0.15, 0.2) is 0 Å². The van der Waals surface area contributed by atoms with Crippen molar-refractivity contribution in [2.75, 3.05) is 13.1 Å². The Morgan fingerprint density at radius 3 is 2.36 bits per heavy atom. The van der Waals surface area contributed by atoms with Crippen molar-refractivity contribution in [1.82, 2.24) is 10.2 Å². The van der Waals surface area contributed by atoms with Crippen LogP contribution < -0.4 is 5.32 Å². The fourth-order valence-corrected chi connectivity index (χ4v) is 3.37. The molecule has 1 atom stereocenters. The van der Waals surface area contributed by atoms with Crippen molar-refractivity contribution in [2.45, 2.75) is 45.6 Å². The molecule has 0 fully saturated rings. The number of carbonyl (C=O) groups is 3. The molecule has 0 saturated carbocycles. The summed E-state index contributed by atoms with van der Waals surface area (Å²) in [7, 11) is 0. The van der Waals surface area contributed by atoms with Gasteiger partial charge in [0.2, 0.25) is 11.8 Å². The van der Waals surface area contributed by atoms with E-state index in [9.17, 15) is 19.5 Å². The minimum absolute atomic E-state index is 0.0361. The van der Waals surface area contributed by atoms with E-state index >= 15 is 0 Å². The number of carbonyl (C=O) groups excluding carboxylic acids is 2. The average Bonchev–Trinajstić information content (AvgIpc) is 2.67. The van der Waals surface area contributed by atoms with E-state index in [2.05, 4.69) is 5.32 Å². The number of benzene rings is 2. The molecule has 0 bridgehead atoms. The van der Waals surface area contributed by atoms with Gasteiger partial charge in [0.1, 0.15) is 0 Å². The molecule has 2 aromatic rings. The lowest BCUT2D eigenvalue weighted by molar-refractivity contribution is -0.137. The first-order chi connectivity index (χ1) is 13.5. The van der Waals surface area contributed by atoms with E-state index < -0.39 is 12.0 Å². The Hall–Kier alpha value is -2.89. The van der Waals surface area contributed by atoms with Crippen LogP contribution in [-0.4, -0.2) is 40.9 Å². The number of carboxylic acids is 1. The van der Waals surface area contributed by atoms with Crippen LogP contribution in [0.25, 0.3) is 10.8 Å². The van der Waals surface area contributed by atoms with E-state index in [1.165, 1.54) is 0 Å². The summed E-state index contributed by atoms with van der Waals surface area (Å²) in [4.78, 5) is 37.5. The van der Waals surface area contributed by atoms with E-state index in [4.69, 9.17) is 0 Å². The van der Waals surface area contributed by atoms with Crippen LogP contribution in [0.5, 0.6) is 0 Å². The third-order valence-corrected chi connectivity index (χ3v) is 4.82. The van der Waals surface area contributed by atoms with Gasteiger partial charge in [-0.25, -0.2) is 0 Å². The number of nitrogens with one attached hydrogen (secondary N) is 1. The first-order valence-corrected chi connectivity index (χ1v) is 9.72. The lowest BCUT2D eigenvalue weighted by Crippen LogP contribution is -2.32. The van der Waals surface area contributed by atoms with Gasteiger partial charge in [-0.05, 0) is 36.6 Å². The highest BCUT2D eigenvalue weighted by molar-refractivity contribution is 5.87. The van der Waals surface area contributed by atoms with Crippen LogP contribution >= 0.6 is 0 Å². The molecule has 0 aliphatic rings. The van der Waals surface area contributed by atoms with Gasteiger partial charge in [-0.1, -0.05) is 42.5 Å². The molecule has 2 aromatic carbocycles. The van der Waals surface area contributed by atoms with Crippen LogP contribution in [0, 0.1) is 0 Å². The number of fused-ring (bicyclic) bond motifs is 1. The Morgan fingerprint density at radius 1 is 1.00 bits per heavy atom. The van der Waals surface area contributed by atoms with Crippen molar-refractivity contribution in [3.05, 3.63) is 48.0 Å². The Morgan fingerprint density at radius 2 is 1.68 bits per heavy atom. The van der Waals surface area contributed by atoms with Crippen LogP contribution in [-0.2, 0) is 14.4 Å². The normalized spacial score (nSPS) is 11.8. The zero-order chi connectivity index (χ0) is 20.5. The summed E-state index contributed by atoms with van der Waals surface area (Å²) in [5, 5.41) is 14.1. The number of hydrogen-bond donors (Lipinski definition) is 2. The predicted molar refractivity (Wildman–Crippen MR) is 109 cm³/mol. The van der Waals surface area contributed by atoms with Gasteiger partial charge in [-0.2, -0.15) is 0 Å². The topological polar surface area (TPSA) is 86.7 Å². The molecule has 0 aliphatic heterocycles. The highest BCUT2D eigenvalue weighted by Gasteiger charge is 2.20. The van der Waals surface area contributed by atoms with Crippen LogP contribution in [0.15, 0.2) is 42.5 Å². The van der Waals surface area contributed by atoms with Crippen molar-refractivity contribution in [2.24, 2.45) is 0 Å². The summed E-state index contributed by atoms with van der Waals surface area (Å²) in [6, 6.07) is 12.7. The van der Waals surface area contributed by atoms with Gasteiger partial charge >= 0.3 is 5.97 Å². The van der Waals surface area contributed by atoms with E-state index in [-0.39, 0.29) is 24.7 Å². The number of hydrogen-bond acceptors (Lipinski definition) is 3. The molecule has 6 nitrogen and oxygen atoms in total. The molecule has 0 spiro atoms. The summed E-state index contributed by atoms with van der Waals surface area (Å²) in [6.07, 6.45) is 0.746. The van der Waals surface area contributed by atoms with Gasteiger partial charge in [0, 0.05) is 25.9 Å². The van der Waals surface area contributed by atoms with Crippen molar-refractivity contribution in [3.63, 3.8) is 0 Å². The molecule has 150 valence electrons. The van der Waals surface area contributed by atoms with E-state index in [1.54, 1.807) is 4.90 Å². The summed E-state index contributed by atoms with van der Waals surface area (Å²) in [5.41, 5.74) is 0.785. The minimum atomic E-state index is -0.977. The highest BCUT2D eigenvalue weighted by Crippen LogP contribution is 2.26. The molecule has 0 aliphatic carbocycles. The van der Waals surface area contributed by atoms with Crippen LogP contribution in [0.1, 0.15) is 51.1 Å². The molecule has 2 rings (SSSR count). The zero-order valence-electron chi connectivity index (χ0n) is 16.5. The fraction of sp³-hybridized carbons (Fsp3) is 0.409. The molecule has 0 unspecified atom stereocenters. The maximum atomic E-state index is 12.4. The van der Waals surface area contributed by atoms with Gasteiger partial charge in [-0.15, -0.1) is 0 Å². The first-order valence-electron chi connectivity index (χ1n) is 9.72. The second-order valence-electron chi connectivity index (χ2n) is 6.71. The van der Waals surface area contributed by atoms with Gasteiger partial charge < -0.3 is 15.3 Å². The number of aliphatic carboxylic acids is 1. The number of rotatable bonds is 10. The summed E-state index contributed by atoms with van der Waals surface area (Å²) < 4.78 is 0. The Labute approximate surface area is 165 Å². The zero-order valence-corrected chi connectivity index (χ0v) is 16.5. The fourth-order valence-electron chi connectivity index (χ4n) is 3.37. The Balaban J connectivity index is 2.05. The monoisotopic (exact) mass is 384 g/mol. The standard InChI is InChI=1S/C22H28N2O4/c1-3-24(4-2)21(26)14-8-13-20(25)23-19(15-22(27)28)18-12-7-10-16-9-5-6-11-17(16)18/h5-7,9-12,19H,3-4,8,13-15H2,1-2H3,(H,23,25)(H,27,28)/t19-/m1/s1. The molecule has 2 N–H and O–H groups in total. The quantitative estimate of drug-likeness (QED) is 0.656. The predicted octanol–water partition coefficient (Wildman–Crippen LogP) is 3.51. The Bertz CT molecular complexity index is 825. The number of nitrogens with zero attached hydrogens (tertiary/aromatic N) is 1. The lowest BCUT2D eigenvalue weighted by Gasteiger charge is -2.20. The number of carboxylic acid groups (broad SMARTS) is 1. The van der Waals surface area contributed by atoms with Gasteiger partial charge in [0.05, 0.1) is 12.5 Å². The van der Waals surface area contributed by atoms with Gasteiger partial charge in [0.25, 0.3) is 0 Å². The second-order valence-corrected chi connectivity index (χ2v) is 6.71. The molecular formula is C22H28N2O4. The summed E-state index contributed by atoms with van der Waals surface area (Å²) in [5.74, 6) is -1.18. The van der Waals surface area contributed by atoms with E-state index in [0.29, 0.717) is 25.9 Å². The smallest absolute Gasteiger partial charge is 0.305 e. The molecular weight excluding hydrogens is 356 g/mol. The Kier molecular flexibility index (Phi) is 7.99. The lowest BCUT2D eigenvalue weighted by atomic mass is 9.96. The van der Waals surface area contributed by atoms with E-state index in [0.717, 1.165) is 16.3 Å². The number of amides is 2. The van der Waals surface area contributed by atoms with Crippen molar-refractivity contribution < 1.29 is 19.5 Å². The van der Waals surface area contributed by atoms with Crippen molar-refractivity contribution in [3.8, 4) is 0 Å². The molecule has 0 aromatic heterocycles. The molecule has 0 radical (unpaired) electrons. The SMILES string of the molecule is CCN(CC)C(=O)CCCC(=O)N[C@H](CC(=O)O)c1cccc2ccccc12. The van der Waals surface area contributed by atoms with Crippen molar-refractivity contribution >= 4 is 28.6 Å². The van der Waals surface area contributed by atoms with E-state index in [1.807, 2.05) is 56.3 Å². The molecule has 0 saturated heterocycles. The van der Waals surface area contributed by atoms with Crippen molar-refractivity contribution in [1.29, 1.82) is 0 Å². The molecule has 0 heterocycles. The third kappa shape index (κ3) is 5.81. The van der Waals surface area contributed by atoms with Crippen LogP contribution in [0.4, 0.5) is 0 Å². The second kappa shape index (κ2) is 10.4. The third-order valence-electron chi connectivity index (χ3n) is 4.82. The summed E-state index contributed by atoms with van der Waals surface area (Å²) >= 11 is 0. The molecule has 2 amide bonds. The molecule has 6 heteroatoms. The first kappa shape index (κ1) is 21.4. The maximum absolute atomic E-state index is 12.4. The minimum Gasteiger partial charge on any atom is -0.481 e. The largest absolute Gasteiger partial charge is 0.481 e. The average molecular weight is 384 g/mol. The van der Waals surface area contributed by atoms with Crippen LogP contribution in [0.3, 0.4) is 0 Å². The van der Waals surface area contributed by atoms with Crippen LogP contribution in [0.2, 0.25) is 0 Å². The van der Waals surface area contributed by atoms with Gasteiger partial charge in [-0.3, -0.25) is 14.4 Å². The highest BCUT2D eigenvalue weighted by atomic mass is 16.4. The maximum Gasteiger partial charge on any atom is 0.305 e. The molecule has 28 heavy (non-hydrogen) atoms.